The molecule has 13 aromatic carbocycles. The molecule has 0 saturated heterocycles. The van der Waals surface area contributed by atoms with Gasteiger partial charge < -0.3 is 9.47 Å². The van der Waals surface area contributed by atoms with Crippen LogP contribution in [-0.4, -0.2) is 13.3 Å². The smallest absolute Gasteiger partial charge is 0.129 e. The maximum Gasteiger partial charge on any atom is 0.129 e. The van der Waals surface area contributed by atoms with E-state index in [1.165, 1.54) is 89.3 Å². The van der Waals surface area contributed by atoms with E-state index in [0.717, 1.165) is 67.1 Å². The summed E-state index contributed by atoms with van der Waals surface area (Å²) >= 11 is 1.25. The molecule has 0 fully saturated rings. The van der Waals surface area contributed by atoms with Crippen LogP contribution in [0.4, 0.5) is 17.1 Å². The topological polar surface area (TPSA) is 34.0 Å². The molecule has 390 valence electrons. The zero-order valence-corrected chi connectivity index (χ0v) is 46.0. The molecule has 0 atom stereocenters. The molecule has 0 bridgehead atoms. The normalized spacial score (nSPS) is 11.4. The third-order valence-corrected chi connectivity index (χ3v) is 16.6. The predicted octanol–water partition coefficient (Wildman–Crippen LogP) is 21.6. The maximum atomic E-state index is 5.02. The highest BCUT2D eigenvalue weighted by Crippen LogP contribution is 2.44. The Bertz CT molecular complexity index is 4570. The van der Waals surface area contributed by atoms with Crippen LogP contribution in [0.25, 0.3) is 128 Å². The lowest BCUT2D eigenvalue weighted by atomic mass is 9.93. The van der Waals surface area contributed by atoms with Crippen LogP contribution in [0, 0.1) is 0 Å². The van der Waals surface area contributed by atoms with Crippen molar-refractivity contribution in [2.45, 2.75) is 0 Å². The van der Waals surface area contributed by atoms with Gasteiger partial charge in [-0.25, -0.2) is 0 Å². The van der Waals surface area contributed by atoms with Gasteiger partial charge >= 0.3 is 0 Å². The monoisotopic (exact) mass is 1080 g/mol. The number of aromatic nitrogens is 3. The number of anilines is 3. The van der Waals surface area contributed by atoms with Gasteiger partial charge in [-0.2, -0.15) is 8.75 Å². The minimum atomic E-state index is 0.853. The Morgan fingerprint density at radius 3 is 1.05 bits per heavy atom. The number of benzene rings is 13. The first-order valence-electron chi connectivity index (χ1n) is 28.1. The lowest BCUT2D eigenvalue weighted by molar-refractivity contribution is 1.18. The summed E-state index contributed by atoms with van der Waals surface area (Å²) in [5, 5.41) is 2.41. The van der Waals surface area contributed by atoms with Gasteiger partial charge in [0.1, 0.15) is 11.0 Å². The van der Waals surface area contributed by atoms with E-state index in [9.17, 15) is 0 Å². The predicted molar refractivity (Wildman–Crippen MR) is 350 cm³/mol. The number of para-hydroxylation sites is 1. The molecule has 2 aromatic heterocycles. The summed E-state index contributed by atoms with van der Waals surface area (Å²) < 4.78 is 12.4. The van der Waals surface area contributed by atoms with Crippen molar-refractivity contribution in [3.63, 3.8) is 0 Å². The molecule has 0 radical (unpaired) electrons. The molecule has 0 aliphatic heterocycles. The van der Waals surface area contributed by atoms with Crippen molar-refractivity contribution in [3.05, 3.63) is 315 Å². The van der Waals surface area contributed by atoms with Gasteiger partial charge in [0.2, 0.25) is 0 Å². The van der Waals surface area contributed by atoms with E-state index in [1.54, 1.807) is 0 Å². The van der Waals surface area contributed by atoms with Crippen molar-refractivity contribution in [1.82, 2.24) is 13.3 Å². The van der Waals surface area contributed by atoms with Gasteiger partial charge in [0.15, 0.2) is 0 Å². The summed E-state index contributed by atoms with van der Waals surface area (Å²) in [6, 6.07) is 114. The third-order valence-electron chi connectivity index (χ3n) is 16.1. The van der Waals surface area contributed by atoms with Crippen molar-refractivity contribution >= 4 is 61.6 Å². The van der Waals surface area contributed by atoms with Crippen molar-refractivity contribution in [2.24, 2.45) is 0 Å². The molecule has 2 heterocycles. The number of hydrogen-bond donors (Lipinski definition) is 0. The zero-order valence-electron chi connectivity index (χ0n) is 45.2. The van der Waals surface area contributed by atoms with Crippen molar-refractivity contribution in [3.8, 4) is 94.7 Å². The highest BCUT2D eigenvalue weighted by atomic mass is 32.1. The molecule has 0 saturated carbocycles. The van der Waals surface area contributed by atoms with Crippen LogP contribution < -0.4 is 4.90 Å². The summed E-state index contributed by atoms with van der Waals surface area (Å²) in [6.45, 7) is 0. The van der Waals surface area contributed by atoms with E-state index in [2.05, 4.69) is 325 Å². The lowest BCUT2D eigenvalue weighted by Gasteiger charge is -2.26. The first-order chi connectivity index (χ1) is 41.1. The van der Waals surface area contributed by atoms with Crippen molar-refractivity contribution < 1.29 is 0 Å². The fraction of sp³-hybridized carbons (Fsp3) is 0. The molecule has 83 heavy (non-hydrogen) atoms. The molecule has 0 aliphatic rings. The number of rotatable bonds is 12. The van der Waals surface area contributed by atoms with E-state index in [1.807, 2.05) is 0 Å². The van der Waals surface area contributed by atoms with Crippen LogP contribution in [-0.2, 0) is 0 Å². The van der Waals surface area contributed by atoms with E-state index in [-0.39, 0.29) is 0 Å². The molecule has 15 rings (SSSR count). The van der Waals surface area contributed by atoms with Crippen molar-refractivity contribution in [2.75, 3.05) is 4.90 Å². The SMILES string of the molecule is c1ccc(-c2ccc(-c3ccc4c(c3)c3cc(-c5ccc(-c6ccccc6)cc5)ccc3n4-c3ccc(-c4ccc(N(c5ccccc5)c5ccc(-c6cc(-c7ccccc7)cc(-c7ccccc7)c6)cc5)c5nsnc45)cc3)cc2)cc1. The van der Waals surface area contributed by atoms with Gasteiger partial charge in [-0.15, -0.1) is 0 Å². The average Bonchev–Trinajstić information content (AvgIpc) is 4.31. The van der Waals surface area contributed by atoms with Crippen LogP contribution in [0.1, 0.15) is 0 Å². The Morgan fingerprint density at radius 2 is 0.590 bits per heavy atom. The lowest BCUT2D eigenvalue weighted by Crippen LogP contribution is -2.10. The number of nitrogens with zero attached hydrogens (tertiary/aromatic N) is 4. The molecule has 0 N–H and O–H groups in total. The Morgan fingerprint density at radius 1 is 0.253 bits per heavy atom. The molecule has 4 nitrogen and oxygen atoms in total. The highest BCUT2D eigenvalue weighted by molar-refractivity contribution is 7.00. The Hall–Kier alpha value is -10.7. The van der Waals surface area contributed by atoms with Gasteiger partial charge in [0, 0.05) is 33.4 Å². The Kier molecular flexibility index (Phi) is 12.7. The second-order valence-electron chi connectivity index (χ2n) is 21.1. The molecule has 15 aromatic rings. The minimum absolute atomic E-state index is 0.853. The van der Waals surface area contributed by atoms with Crippen LogP contribution in [0.3, 0.4) is 0 Å². The van der Waals surface area contributed by atoms with Crippen LogP contribution in [0.15, 0.2) is 315 Å². The summed E-state index contributed by atoms with van der Waals surface area (Å²) in [4.78, 5) is 2.30. The minimum Gasteiger partial charge on any atom is -0.309 e. The first kappa shape index (κ1) is 49.3. The van der Waals surface area contributed by atoms with E-state index in [4.69, 9.17) is 8.75 Å². The Labute approximate surface area is 487 Å². The summed E-state index contributed by atoms with van der Waals surface area (Å²) in [5.74, 6) is 0. The second-order valence-corrected chi connectivity index (χ2v) is 21.6. The van der Waals surface area contributed by atoms with Crippen LogP contribution in [0.2, 0.25) is 0 Å². The summed E-state index contributed by atoms with van der Waals surface area (Å²) in [6.07, 6.45) is 0. The van der Waals surface area contributed by atoms with Crippen LogP contribution >= 0.6 is 11.7 Å². The average molecular weight is 1080 g/mol. The first-order valence-corrected chi connectivity index (χ1v) is 28.8. The molecule has 0 aliphatic carbocycles. The van der Waals surface area contributed by atoms with Gasteiger partial charge in [-0.1, -0.05) is 224 Å². The quantitative estimate of drug-likeness (QED) is 0.122. The van der Waals surface area contributed by atoms with E-state index < -0.39 is 0 Å². The fourth-order valence-electron chi connectivity index (χ4n) is 11.9. The van der Waals surface area contributed by atoms with Gasteiger partial charge in [0.25, 0.3) is 0 Å². The van der Waals surface area contributed by atoms with Gasteiger partial charge in [-0.05, 0) is 174 Å². The van der Waals surface area contributed by atoms with E-state index in [0.29, 0.717) is 0 Å². The molecular formula is C78H52N4S. The molecule has 0 spiro atoms. The Balaban J connectivity index is 0.783. The van der Waals surface area contributed by atoms with Gasteiger partial charge in [-0.3, -0.25) is 0 Å². The molecular weight excluding hydrogens is 1020 g/mol. The summed E-state index contributed by atoms with van der Waals surface area (Å²) in [7, 11) is 0. The van der Waals surface area contributed by atoms with E-state index >= 15 is 0 Å². The fourth-order valence-corrected chi connectivity index (χ4v) is 12.5. The molecule has 0 amide bonds. The largest absolute Gasteiger partial charge is 0.309 e. The highest BCUT2D eigenvalue weighted by Gasteiger charge is 2.22. The molecule has 0 unspecified atom stereocenters. The third kappa shape index (κ3) is 9.45. The maximum absolute atomic E-state index is 5.02. The number of hydrogen-bond acceptors (Lipinski definition) is 4. The zero-order chi connectivity index (χ0) is 55.1. The number of fused-ring (bicyclic) bond motifs is 4. The van der Waals surface area contributed by atoms with Gasteiger partial charge in [0.05, 0.1) is 28.4 Å². The second kappa shape index (κ2) is 21.4. The standard InChI is InChI=1S/C78H52N4S/c1-6-16-53(17-7-1)57-26-30-59(31-27-57)63-38-45-74-72(51-63)73-52-64(60-32-28-58(29-33-60)54-18-8-2-9-19-54)39-46-75(73)82(74)70-42-36-62(37-43-70)71-44-47-76(78-77(71)79-83-80-78)81(68-24-14-5-15-25-68)69-40-34-61(35-41-69)67-49-65(55-20-10-3-11-21-55)48-66(50-67)56-22-12-4-13-23-56/h1-52H. The van der Waals surface area contributed by atoms with Crippen molar-refractivity contribution in [1.29, 1.82) is 0 Å². The molecule has 5 heteroatoms. The summed E-state index contributed by atoms with van der Waals surface area (Å²) in [5.41, 5.74) is 26.9. The van der Waals surface area contributed by atoms with Crippen LogP contribution in [0.5, 0.6) is 0 Å².